The Balaban J connectivity index is 2.52. The Morgan fingerprint density at radius 2 is 1.96 bits per heavy atom. The lowest BCUT2D eigenvalue weighted by atomic mass is 10.1. The molecule has 0 saturated heterocycles. The van der Waals surface area contributed by atoms with Gasteiger partial charge in [0, 0.05) is 6.21 Å². The van der Waals surface area contributed by atoms with Crippen LogP contribution in [0.2, 0.25) is 0 Å². The number of rotatable bonds is 5. The number of aliphatic imine (C=N–C) groups is 1. The molecule has 0 aromatic heterocycles. The van der Waals surface area contributed by atoms with Gasteiger partial charge < -0.3 is 14.9 Å². The van der Waals surface area contributed by atoms with Crippen molar-refractivity contribution in [3.63, 3.8) is 0 Å². The fraction of sp³-hybridized carbons (Fsp3) is 0.412. The molecule has 0 aliphatic heterocycles. The average molecular weight is 375 g/mol. The van der Waals surface area contributed by atoms with E-state index in [1.54, 1.807) is 0 Å². The van der Waals surface area contributed by atoms with Gasteiger partial charge in [-0.05, 0) is 32.3 Å². The van der Waals surface area contributed by atoms with E-state index in [0.29, 0.717) is 19.3 Å². The number of benzene rings is 1. The maximum absolute atomic E-state index is 13.9. The van der Waals surface area contributed by atoms with E-state index in [0.717, 1.165) is 6.21 Å². The first-order valence-corrected chi connectivity index (χ1v) is 7.92. The van der Waals surface area contributed by atoms with Gasteiger partial charge in [0.1, 0.15) is 11.3 Å². The van der Waals surface area contributed by atoms with E-state index >= 15 is 0 Å². The van der Waals surface area contributed by atoms with Crippen molar-refractivity contribution in [3.8, 4) is 0 Å². The second-order valence-electron chi connectivity index (χ2n) is 5.67. The molecule has 0 spiro atoms. The summed E-state index contributed by atoms with van der Waals surface area (Å²) in [6.07, 6.45) is 1.86. The molecule has 2 rings (SSSR count). The summed E-state index contributed by atoms with van der Waals surface area (Å²) < 4.78 is 58.5. The third-order valence-corrected chi connectivity index (χ3v) is 3.95. The molecule has 2 unspecified atom stereocenters. The summed E-state index contributed by atoms with van der Waals surface area (Å²) in [5.74, 6) is -10.0. The minimum Gasteiger partial charge on any atom is -0.506 e. The first kappa shape index (κ1) is 19.9. The molecule has 26 heavy (non-hydrogen) atoms. The zero-order valence-corrected chi connectivity index (χ0v) is 13.8. The van der Waals surface area contributed by atoms with Crippen molar-refractivity contribution >= 4 is 17.9 Å². The van der Waals surface area contributed by atoms with Crippen molar-refractivity contribution in [1.82, 2.24) is 0 Å². The monoisotopic (exact) mass is 375 g/mol. The molecule has 1 aromatic rings. The molecule has 0 radical (unpaired) electrons. The second kappa shape index (κ2) is 8.31. The summed E-state index contributed by atoms with van der Waals surface area (Å²) in [4.78, 5) is 16.0. The molecule has 2 atom stereocenters. The van der Waals surface area contributed by atoms with Crippen LogP contribution in [0.3, 0.4) is 0 Å². The Bertz CT molecular complexity index is 764. The Kier molecular flexibility index (Phi) is 6.36. The number of nitrogens with zero attached hydrogens (tertiary/aromatic N) is 1. The van der Waals surface area contributed by atoms with Crippen LogP contribution >= 0.6 is 0 Å². The summed E-state index contributed by atoms with van der Waals surface area (Å²) in [5, 5.41) is 19.9. The van der Waals surface area contributed by atoms with E-state index in [4.69, 9.17) is 4.74 Å². The van der Waals surface area contributed by atoms with Crippen LogP contribution < -0.4 is 0 Å². The molecule has 0 bridgehead atoms. The third kappa shape index (κ3) is 4.04. The maximum Gasteiger partial charge on any atom is 0.343 e. The van der Waals surface area contributed by atoms with Crippen molar-refractivity contribution in [2.75, 3.05) is 6.61 Å². The number of aliphatic hydroxyl groups excluding tert-OH is 2. The Labute approximate surface area is 146 Å². The van der Waals surface area contributed by atoms with Crippen LogP contribution in [-0.2, 0) is 9.53 Å². The SMILES string of the molecule is CCOC(=O)C(C=NC1CCCC1O)=C(O)c1cc(F)c(F)c(F)c1F. The maximum atomic E-state index is 13.9. The normalized spacial score (nSPS) is 21.2. The smallest absolute Gasteiger partial charge is 0.343 e. The lowest BCUT2D eigenvalue weighted by Crippen LogP contribution is -2.18. The van der Waals surface area contributed by atoms with Crippen LogP contribution in [0.15, 0.2) is 16.6 Å². The quantitative estimate of drug-likeness (QED) is 0.158. The number of hydrogen-bond acceptors (Lipinski definition) is 5. The van der Waals surface area contributed by atoms with Gasteiger partial charge in [-0.2, -0.15) is 0 Å². The molecular weight excluding hydrogens is 358 g/mol. The van der Waals surface area contributed by atoms with Gasteiger partial charge in [-0.15, -0.1) is 0 Å². The first-order valence-electron chi connectivity index (χ1n) is 7.92. The highest BCUT2D eigenvalue weighted by atomic mass is 19.2. The van der Waals surface area contributed by atoms with E-state index in [-0.39, 0.29) is 12.7 Å². The number of hydrogen-bond donors (Lipinski definition) is 2. The summed E-state index contributed by atoms with van der Waals surface area (Å²) >= 11 is 0. The molecule has 1 aliphatic rings. The third-order valence-electron chi connectivity index (χ3n) is 3.95. The van der Waals surface area contributed by atoms with Crippen LogP contribution in [0.4, 0.5) is 17.6 Å². The first-order chi connectivity index (χ1) is 12.3. The highest BCUT2D eigenvalue weighted by Crippen LogP contribution is 2.26. The van der Waals surface area contributed by atoms with E-state index in [1.165, 1.54) is 6.92 Å². The zero-order valence-electron chi connectivity index (χ0n) is 13.8. The predicted octanol–water partition coefficient (Wildman–Crippen LogP) is 3.06. The van der Waals surface area contributed by atoms with Gasteiger partial charge >= 0.3 is 5.97 Å². The van der Waals surface area contributed by atoms with E-state index in [9.17, 15) is 32.6 Å². The van der Waals surface area contributed by atoms with Crippen molar-refractivity contribution in [2.45, 2.75) is 38.3 Å². The summed E-state index contributed by atoms with van der Waals surface area (Å²) in [5.41, 5.74) is -1.72. The molecule has 1 saturated carbocycles. The standard InChI is InChI=1S/C17H17F4NO4/c1-2-26-17(25)9(7-22-11-4-3-5-12(11)23)16(24)8-6-10(18)14(20)15(21)13(8)19/h6-7,11-12,23-24H,2-5H2,1H3. The summed E-state index contributed by atoms with van der Waals surface area (Å²) in [7, 11) is 0. The number of ether oxygens (including phenoxy) is 1. The molecule has 0 amide bonds. The predicted molar refractivity (Wildman–Crippen MR) is 84.6 cm³/mol. The molecule has 5 nitrogen and oxygen atoms in total. The molecule has 1 fully saturated rings. The number of halogens is 4. The molecule has 142 valence electrons. The van der Waals surface area contributed by atoms with Crippen LogP contribution in [0.5, 0.6) is 0 Å². The molecular formula is C17H17F4NO4. The Morgan fingerprint density at radius 3 is 2.54 bits per heavy atom. The number of carbonyl (C=O) groups is 1. The topological polar surface area (TPSA) is 79.1 Å². The van der Waals surface area contributed by atoms with Crippen molar-refractivity contribution in [2.24, 2.45) is 4.99 Å². The van der Waals surface area contributed by atoms with Crippen molar-refractivity contribution in [3.05, 3.63) is 40.5 Å². The van der Waals surface area contributed by atoms with Gasteiger partial charge in [-0.3, -0.25) is 4.99 Å². The van der Waals surface area contributed by atoms with Gasteiger partial charge in [0.05, 0.1) is 24.3 Å². The van der Waals surface area contributed by atoms with Gasteiger partial charge in [0.15, 0.2) is 23.3 Å². The van der Waals surface area contributed by atoms with Crippen molar-refractivity contribution < 1.29 is 37.3 Å². The molecule has 0 heterocycles. The average Bonchev–Trinajstić information content (AvgIpc) is 3.01. The van der Waals surface area contributed by atoms with Crippen LogP contribution in [0.1, 0.15) is 31.7 Å². The van der Waals surface area contributed by atoms with Crippen LogP contribution in [0.25, 0.3) is 5.76 Å². The minimum atomic E-state index is -2.13. The highest BCUT2D eigenvalue weighted by Gasteiger charge is 2.27. The lowest BCUT2D eigenvalue weighted by molar-refractivity contribution is -0.137. The fourth-order valence-corrected chi connectivity index (χ4v) is 2.57. The lowest BCUT2D eigenvalue weighted by Gasteiger charge is -2.11. The minimum absolute atomic E-state index is 0.0931. The molecule has 1 aliphatic carbocycles. The number of aliphatic hydroxyl groups is 2. The van der Waals surface area contributed by atoms with Gasteiger partial charge in [-0.1, -0.05) is 0 Å². The molecule has 1 aromatic carbocycles. The van der Waals surface area contributed by atoms with Gasteiger partial charge in [-0.25, -0.2) is 22.4 Å². The van der Waals surface area contributed by atoms with Gasteiger partial charge in [0.25, 0.3) is 0 Å². The molecule has 2 N–H and O–H groups in total. The van der Waals surface area contributed by atoms with E-state index in [2.05, 4.69) is 4.99 Å². The number of carbonyl (C=O) groups excluding carboxylic acids is 1. The number of esters is 1. The van der Waals surface area contributed by atoms with Crippen LogP contribution in [-0.4, -0.2) is 41.1 Å². The Hall–Kier alpha value is -2.42. The fourth-order valence-electron chi connectivity index (χ4n) is 2.57. The summed E-state index contributed by atoms with van der Waals surface area (Å²) in [6, 6.07) is -0.320. The van der Waals surface area contributed by atoms with E-state index < -0.39 is 58.3 Å². The molecule has 9 heteroatoms. The zero-order chi connectivity index (χ0) is 19.4. The highest BCUT2D eigenvalue weighted by molar-refractivity contribution is 6.15. The summed E-state index contributed by atoms with van der Waals surface area (Å²) in [6.45, 7) is 1.38. The largest absolute Gasteiger partial charge is 0.506 e. The second-order valence-corrected chi connectivity index (χ2v) is 5.67. The van der Waals surface area contributed by atoms with E-state index in [1.807, 2.05) is 0 Å². The van der Waals surface area contributed by atoms with Crippen molar-refractivity contribution in [1.29, 1.82) is 0 Å². The van der Waals surface area contributed by atoms with Gasteiger partial charge in [0.2, 0.25) is 0 Å². The van der Waals surface area contributed by atoms with Crippen LogP contribution in [0, 0.1) is 23.3 Å². The Morgan fingerprint density at radius 1 is 1.27 bits per heavy atom.